The Kier molecular flexibility index (Phi) is 32.2. The second-order valence-electron chi connectivity index (χ2n) is 40.9. The molecule has 1 saturated carbocycles. The van der Waals surface area contributed by atoms with Gasteiger partial charge >= 0.3 is 11.6 Å². The number of hydrogen-bond acceptors (Lipinski definition) is 28. The second kappa shape index (κ2) is 40.7. The van der Waals surface area contributed by atoms with Crippen LogP contribution in [0, 0.1) is 27.2 Å². The number of phenols is 2. The molecule has 11 N–H and O–H groups in total. The van der Waals surface area contributed by atoms with Crippen molar-refractivity contribution in [2.75, 3.05) is 37.5 Å². The SMILES string of the molecule is CC(C)(C)Cc1ccn(C2C[C@H](CO)[C@@H](O)C2(F)F)c(=O)n1.CC(C)(C)N1C=C(F)C(=O)CC1=O.CC(C)(C)Nc1cccc2c1CN(C1CCC(=O)NC1=O)C2=O.CC(C)(C)Nc1n[n+]([O-])c2ccccc2[n+]1[O-].CC1=CN(CCC(C)(C)C)C(=O)CC1=O.COc1cccc2c1C(=O)c1c(O)c3c(c(O)c1C2=O)C[C@@](O)(C(=O)CO)C[C@@H]3OC1C[C@H](NC(C)(C)C)[C@@H](O)[C@H](C)O1. The molecule has 8 aliphatic rings. The summed E-state index contributed by atoms with van der Waals surface area (Å²) < 4.78 is 60.1. The molecule has 10 atom stereocenters. The standard InChI is InChI=1S/C31H37NO11.C17H21N3O3.C15H22F2N2O3.C12H19NO2.C11H14N4O2.C9H12FNO2/c1-13-25(35)16(32-30(2,3)4)9-20(42-13)43-18-11-31(40,19(34)12-33)10-15-22(18)29(39)24-23(27(15)37)26(36)14-7-6-8-17(41-5)21(14)28(24)38;1-17(2,3)19-12-6-4-5-10-11(12)9-20(16(10)23)13-7-8-14(21)18-15(13)22;1-14(2,3)7-10-4-5-19(13(22)18-10)11-6-9(8-20)12(21)15(11,16)17;1-9-8-13(6-5-12(2,3)4)11(15)7-10(9)14;1-11(2,3)12-10-13-15(17)9-7-5-4-6-8(9)14(10)16;1-9(2,3)11-5-6(10)7(12)4-8(11)13/h6-8,13,16,18,20,25,32-33,35,37,39-40H,9-12H2,1-5H3;4-6,13,19H,7-9H2,1-3H3,(H,18,21,22);4-5,9,11-12,20-21H,6-8H2,1-3H3;8H,5-7H2,1-4H3;4-7H,1-3H3,(H,12,13);5H,4H2,1-3H3/t13-,16-,18-,20?,25-,31-;;9-,11?,12-;;;/m0.1.../s1. The third-order valence-electron chi connectivity index (χ3n) is 23.0. The highest BCUT2D eigenvalue weighted by Gasteiger charge is 2.58. The Morgan fingerprint density at radius 3 is 1.92 bits per heavy atom. The van der Waals surface area contributed by atoms with Gasteiger partial charge in [-0.1, -0.05) is 71.9 Å². The molecule has 724 valence electrons. The number of ketones is 5. The number of anilines is 2. The van der Waals surface area contributed by atoms with E-state index in [4.69, 9.17) is 19.3 Å². The van der Waals surface area contributed by atoms with Crippen molar-refractivity contribution >= 4 is 81.1 Å². The minimum Gasteiger partial charge on any atom is -0.739 e. The van der Waals surface area contributed by atoms with E-state index < -0.39 is 155 Å². The number of phenolic OH excluding ortho intramolecular Hbond substituents is 2. The van der Waals surface area contributed by atoms with Crippen LogP contribution in [0.5, 0.6) is 17.2 Å². The van der Waals surface area contributed by atoms with Crippen LogP contribution in [0.4, 0.5) is 24.8 Å². The first-order chi connectivity index (χ1) is 61.4. The van der Waals surface area contributed by atoms with Gasteiger partial charge in [-0.05, 0) is 164 Å². The highest BCUT2D eigenvalue weighted by Crippen LogP contribution is 2.53. The van der Waals surface area contributed by atoms with Gasteiger partial charge in [-0.3, -0.25) is 63.1 Å². The molecule has 0 bridgehead atoms. The van der Waals surface area contributed by atoms with E-state index in [1.54, 1.807) is 87.0 Å². The van der Waals surface area contributed by atoms with E-state index in [2.05, 4.69) is 72.9 Å². The molecule has 38 heteroatoms. The monoisotopic (exact) mass is 1860 g/mol. The maximum atomic E-state index is 14.1. The number of amides is 5. The summed E-state index contributed by atoms with van der Waals surface area (Å²) in [5.74, 6) is -10.9. The van der Waals surface area contributed by atoms with Crippen molar-refractivity contribution in [3.05, 3.63) is 168 Å². The average molecular weight is 1860 g/mol. The lowest BCUT2D eigenvalue weighted by Gasteiger charge is -2.44. The molecule has 6 aromatic rings. The van der Waals surface area contributed by atoms with E-state index in [9.17, 15) is 107 Å². The van der Waals surface area contributed by atoms with Crippen molar-refractivity contribution in [1.82, 2.24) is 40.0 Å². The van der Waals surface area contributed by atoms with Gasteiger partial charge in [-0.25, -0.2) is 22.7 Å². The van der Waals surface area contributed by atoms with E-state index in [1.807, 2.05) is 74.4 Å². The Hall–Kier alpha value is -11.5. The number of hydrogen-bond donors (Lipinski definition) is 11. The lowest BCUT2D eigenvalue weighted by atomic mass is 9.72. The molecule has 2 aromatic heterocycles. The van der Waals surface area contributed by atoms with Crippen LogP contribution in [0.25, 0.3) is 11.0 Å². The summed E-state index contributed by atoms with van der Waals surface area (Å²) >= 11 is 0. The Bertz CT molecular complexity index is 5600. The molecule has 3 aliphatic carbocycles. The molecular weight excluding hydrogens is 1730 g/mol. The number of aromatic hydroxyl groups is 2. The van der Waals surface area contributed by atoms with Gasteiger partial charge in [0.1, 0.15) is 47.6 Å². The van der Waals surface area contributed by atoms with Gasteiger partial charge in [0, 0.05) is 148 Å². The van der Waals surface area contributed by atoms with Crippen LogP contribution >= 0.6 is 0 Å². The van der Waals surface area contributed by atoms with Crippen molar-refractivity contribution in [2.24, 2.45) is 16.7 Å². The van der Waals surface area contributed by atoms with Gasteiger partial charge < -0.3 is 85.7 Å². The van der Waals surface area contributed by atoms with Gasteiger partial charge in [-0.15, -0.1) is 0 Å². The summed E-state index contributed by atoms with van der Waals surface area (Å²) in [5.41, 5.74) is -1.22. The first-order valence-corrected chi connectivity index (χ1v) is 43.9. The maximum absolute atomic E-state index is 14.1. The second-order valence-corrected chi connectivity index (χ2v) is 40.9. The average Bonchev–Trinajstić information content (AvgIpc) is 1.13. The molecule has 4 aromatic carbocycles. The number of methoxy groups -OCH3 is 1. The van der Waals surface area contributed by atoms with Crippen LogP contribution in [0.3, 0.4) is 0 Å². The number of benzene rings is 4. The Morgan fingerprint density at radius 1 is 0.729 bits per heavy atom. The van der Waals surface area contributed by atoms with E-state index in [0.29, 0.717) is 57.9 Å². The maximum Gasteiger partial charge on any atom is 0.461 e. The van der Waals surface area contributed by atoms with Crippen LogP contribution < -0.4 is 41.3 Å². The predicted molar refractivity (Wildman–Crippen MR) is 481 cm³/mol. The van der Waals surface area contributed by atoms with E-state index in [1.165, 1.54) is 36.4 Å². The zero-order chi connectivity index (χ0) is 99.6. The Morgan fingerprint density at radius 2 is 1.35 bits per heavy atom. The summed E-state index contributed by atoms with van der Waals surface area (Å²) in [6.45, 7) is 38.3. The number of aromatic nitrogens is 5. The first kappa shape index (κ1) is 105. The fourth-order valence-corrected chi connectivity index (χ4v) is 16.4. The molecule has 5 aliphatic heterocycles. The molecule has 3 fully saturated rings. The number of nitrogens with zero attached hydrogens (tertiary/aromatic N) is 8. The number of piperidine rings is 1. The number of rotatable bonds is 14. The number of carbonyl (C=O) groups is 10. The molecule has 5 amide bonds. The molecule has 2 saturated heterocycles. The van der Waals surface area contributed by atoms with Crippen LogP contribution in [0.2, 0.25) is 0 Å². The first-order valence-electron chi connectivity index (χ1n) is 43.9. The third kappa shape index (κ3) is 25.1. The molecular formula is C95H125F3N12O23. The number of aliphatic hydroxyl groups excluding tert-OH is 4. The summed E-state index contributed by atoms with van der Waals surface area (Å²) in [4.78, 5) is 142. The lowest BCUT2D eigenvalue weighted by molar-refractivity contribution is -0.672. The molecule has 7 heterocycles. The van der Waals surface area contributed by atoms with Crippen molar-refractivity contribution in [2.45, 2.75) is 292 Å². The highest BCUT2D eigenvalue weighted by atomic mass is 19.3. The zero-order valence-electron chi connectivity index (χ0n) is 79.1. The molecule has 3 unspecified atom stereocenters. The minimum absolute atomic E-state index is 0.00574. The van der Waals surface area contributed by atoms with Crippen molar-refractivity contribution in [3.8, 4) is 17.2 Å². The van der Waals surface area contributed by atoms with E-state index in [-0.39, 0.29) is 134 Å². The van der Waals surface area contributed by atoms with E-state index >= 15 is 0 Å². The minimum atomic E-state index is -3.47. The number of allylic oxidation sites excluding steroid dienone is 2. The smallest absolute Gasteiger partial charge is 0.461 e. The Balaban J connectivity index is 0.000000190. The van der Waals surface area contributed by atoms with Gasteiger partial charge in [0.2, 0.25) is 40.3 Å². The molecule has 35 nitrogen and oxygen atoms in total. The number of ether oxygens (including phenoxy) is 3. The predicted octanol–water partition coefficient (Wildman–Crippen LogP) is 8.71. The van der Waals surface area contributed by atoms with Crippen LogP contribution in [-0.2, 0) is 62.4 Å². The largest absolute Gasteiger partial charge is 0.739 e. The van der Waals surface area contributed by atoms with Crippen LogP contribution in [-0.4, -0.2) is 221 Å². The summed E-state index contributed by atoms with van der Waals surface area (Å²) in [6.07, 6.45) is -1.11. The number of imide groups is 1. The fraction of sp³-hybridized carbons (Fsp3) is 0.547. The van der Waals surface area contributed by atoms with Crippen molar-refractivity contribution < 1.29 is 121 Å². The van der Waals surface area contributed by atoms with Gasteiger partial charge in [0.05, 0.1) is 60.5 Å². The fourth-order valence-electron chi connectivity index (χ4n) is 16.4. The molecule has 0 spiro atoms. The zero-order valence-corrected chi connectivity index (χ0v) is 79.1. The van der Waals surface area contributed by atoms with E-state index in [0.717, 1.165) is 28.4 Å². The molecule has 133 heavy (non-hydrogen) atoms. The lowest BCUT2D eigenvalue weighted by Crippen LogP contribution is -2.58. The van der Waals surface area contributed by atoms with Crippen LogP contribution in [0.1, 0.15) is 267 Å². The number of alkyl halides is 2. The van der Waals surface area contributed by atoms with Gasteiger partial charge in [0.25, 0.3) is 17.3 Å². The normalized spacial score (nSPS) is 23.0. The number of aliphatic hydroxyl groups is 5. The quantitative estimate of drug-likeness (QED) is 0.0159. The number of fused-ring (bicyclic) bond motifs is 5. The van der Waals surface area contributed by atoms with Crippen molar-refractivity contribution in [1.29, 1.82) is 0 Å². The summed E-state index contributed by atoms with van der Waals surface area (Å²) in [6, 6.07) is 15.6. The van der Waals surface area contributed by atoms with Crippen molar-refractivity contribution in [3.63, 3.8) is 0 Å². The number of para-hydroxylation sites is 2. The summed E-state index contributed by atoms with van der Waals surface area (Å²) in [7, 11) is 1.33. The number of carbonyl (C=O) groups excluding carboxylic acids is 10. The van der Waals surface area contributed by atoms with Gasteiger partial charge in [-0.2, -0.15) is 4.98 Å². The molecule has 0 radical (unpaired) electrons. The molecule has 14 rings (SSSR count). The topological polar surface area (TPSA) is 500 Å². The third-order valence-corrected chi connectivity index (χ3v) is 23.0. The highest BCUT2D eigenvalue weighted by molar-refractivity contribution is 6.31. The van der Waals surface area contributed by atoms with Gasteiger partial charge in [0.15, 0.2) is 35.0 Å². The number of Topliss-reactive ketones (excluding diaryl/α,β-unsaturated/α-hetero) is 3. The summed E-state index contributed by atoms with van der Waals surface area (Å²) in [5, 5.41) is 113. The van der Waals surface area contributed by atoms with Crippen LogP contribution in [0.15, 0.2) is 102 Å². The number of halogens is 3. The Labute approximate surface area is 769 Å². The number of nitrogens with one attached hydrogen (secondary N) is 4.